The number of rotatable bonds is 4. The molecule has 1 aliphatic rings. The van der Waals surface area contributed by atoms with Crippen molar-refractivity contribution in [2.75, 3.05) is 10.7 Å². The average Bonchev–Trinajstić information content (AvgIpc) is 3.45. The van der Waals surface area contributed by atoms with E-state index in [1.165, 1.54) is 17.5 Å². The van der Waals surface area contributed by atoms with E-state index < -0.39 is 0 Å². The van der Waals surface area contributed by atoms with E-state index in [1.807, 2.05) is 28.8 Å². The molecular formula is C19H14ClN7OS. The second-order valence-electron chi connectivity index (χ2n) is 6.27. The summed E-state index contributed by atoms with van der Waals surface area (Å²) in [4.78, 5) is 26.0. The standard InChI is InChI=1S/C19H14ClN7OS/c20-13-6-2-1-5-12(13)14-9-22-10-27(14)17-15-16(25-26-17)23-19(29-15)24-18(28)11-4-3-7-21-8-11/h1-10,17,25-26H,(H,23,24,28). The molecule has 0 saturated heterocycles. The SMILES string of the molecule is O=C(Nc1nc2c(s1)C(n1cncc1-c1ccccc1Cl)NN2)c1cccnc1. The number of nitrogens with one attached hydrogen (secondary N) is 3. The van der Waals surface area contributed by atoms with Crippen LogP contribution < -0.4 is 16.2 Å². The molecule has 5 rings (SSSR count). The van der Waals surface area contributed by atoms with Crippen LogP contribution in [0.15, 0.2) is 61.3 Å². The fourth-order valence-electron chi connectivity index (χ4n) is 3.11. The number of thiazole rings is 1. The first kappa shape index (κ1) is 17.8. The lowest BCUT2D eigenvalue weighted by molar-refractivity contribution is 0.102. The van der Waals surface area contributed by atoms with Crippen molar-refractivity contribution in [2.45, 2.75) is 6.17 Å². The van der Waals surface area contributed by atoms with Crippen molar-refractivity contribution in [2.24, 2.45) is 0 Å². The summed E-state index contributed by atoms with van der Waals surface area (Å²) in [6.45, 7) is 0. The van der Waals surface area contributed by atoms with Crippen LogP contribution in [0.25, 0.3) is 11.3 Å². The minimum atomic E-state index is -0.255. The van der Waals surface area contributed by atoms with Crippen molar-refractivity contribution in [3.63, 3.8) is 0 Å². The number of anilines is 2. The van der Waals surface area contributed by atoms with Gasteiger partial charge in [0.2, 0.25) is 0 Å². The molecule has 1 aromatic carbocycles. The first-order valence-corrected chi connectivity index (χ1v) is 9.90. The van der Waals surface area contributed by atoms with Crippen LogP contribution in [0.4, 0.5) is 10.9 Å². The quantitative estimate of drug-likeness (QED) is 0.462. The minimum absolute atomic E-state index is 0.236. The predicted octanol–water partition coefficient (Wildman–Crippen LogP) is 3.78. The van der Waals surface area contributed by atoms with Gasteiger partial charge in [-0.15, -0.1) is 0 Å². The van der Waals surface area contributed by atoms with Gasteiger partial charge in [0.1, 0.15) is 6.17 Å². The number of hydrogen-bond donors (Lipinski definition) is 3. The van der Waals surface area contributed by atoms with Crippen LogP contribution in [0.5, 0.6) is 0 Å². The molecule has 29 heavy (non-hydrogen) atoms. The molecule has 1 atom stereocenters. The Labute approximate surface area is 174 Å². The highest BCUT2D eigenvalue weighted by Crippen LogP contribution is 2.39. The first-order chi connectivity index (χ1) is 14.2. The van der Waals surface area contributed by atoms with Gasteiger partial charge in [-0.05, 0) is 18.2 Å². The van der Waals surface area contributed by atoms with E-state index in [2.05, 4.69) is 31.1 Å². The van der Waals surface area contributed by atoms with E-state index in [1.54, 1.807) is 30.9 Å². The third-order valence-corrected chi connectivity index (χ3v) is 5.82. The Hall–Kier alpha value is -3.27. The molecule has 0 bridgehead atoms. The highest BCUT2D eigenvalue weighted by atomic mass is 35.5. The highest BCUT2D eigenvalue weighted by molar-refractivity contribution is 7.16. The third-order valence-electron chi connectivity index (χ3n) is 4.47. The van der Waals surface area contributed by atoms with Gasteiger partial charge in [0, 0.05) is 23.0 Å². The molecule has 144 valence electrons. The smallest absolute Gasteiger partial charge is 0.259 e. The summed E-state index contributed by atoms with van der Waals surface area (Å²) in [7, 11) is 0. The van der Waals surface area contributed by atoms with Crippen LogP contribution in [0.1, 0.15) is 21.4 Å². The molecule has 0 fully saturated rings. The zero-order valence-electron chi connectivity index (χ0n) is 14.8. The summed E-state index contributed by atoms with van der Waals surface area (Å²) >= 11 is 7.76. The summed E-state index contributed by atoms with van der Waals surface area (Å²) in [6.07, 6.45) is 6.41. The molecule has 1 amide bonds. The number of halogens is 1. The lowest BCUT2D eigenvalue weighted by atomic mass is 10.1. The second kappa shape index (κ2) is 7.28. The zero-order valence-corrected chi connectivity index (χ0v) is 16.4. The van der Waals surface area contributed by atoms with Crippen molar-refractivity contribution >= 4 is 39.8 Å². The summed E-state index contributed by atoms with van der Waals surface area (Å²) in [5, 5.41) is 3.97. The van der Waals surface area contributed by atoms with E-state index in [4.69, 9.17) is 11.6 Å². The Morgan fingerprint density at radius 1 is 1.17 bits per heavy atom. The number of fused-ring (bicyclic) bond motifs is 1. The van der Waals surface area contributed by atoms with Gasteiger partial charge < -0.3 is 9.99 Å². The number of carbonyl (C=O) groups excluding carboxylic acids is 1. The maximum absolute atomic E-state index is 12.4. The molecular weight excluding hydrogens is 410 g/mol. The Morgan fingerprint density at radius 3 is 2.90 bits per heavy atom. The van der Waals surface area contributed by atoms with Crippen LogP contribution in [0.2, 0.25) is 5.02 Å². The van der Waals surface area contributed by atoms with E-state index in [0.29, 0.717) is 21.5 Å². The Balaban J connectivity index is 1.44. The van der Waals surface area contributed by atoms with Gasteiger partial charge >= 0.3 is 0 Å². The van der Waals surface area contributed by atoms with E-state index in [0.717, 1.165) is 16.1 Å². The van der Waals surface area contributed by atoms with Gasteiger partial charge in [-0.2, -0.15) is 0 Å². The maximum atomic E-state index is 12.4. The van der Waals surface area contributed by atoms with E-state index in [-0.39, 0.29) is 12.1 Å². The molecule has 0 aliphatic carbocycles. The number of imidazole rings is 1. The molecule has 3 N–H and O–H groups in total. The molecule has 0 radical (unpaired) electrons. The number of benzene rings is 1. The van der Waals surface area contributed by atoms with E-state index in [9.17, 15) is 4.79 Å². The van der Waals surface area contributed by atoms with Crippen LogP contribution in [-0.2, 0) is 0 Å². The van der Waals surface area contributed by atoms with Crippen LogP contribution in [-0.4, -0.2) is 25.4 Å². The Bertz CT molecular complexity index is 1190. The fraction of sp³-hybridized carbons (Fsp3) is 0.0526. The van der Waals surface area contributed by atoms with Crippen molar-refractivity contribution in [1.82, 2.24) is 24.9 Å². The number of aromatic nitrogens is 4. The summed E-state index contributed by atoms with van der Waals surface area (Å²) < 4.78 is 1.98. The Morgan fingerprint density at radius 2 is 2.07 bits per heavy atom. The van der Waals surface area contributed by atoms with Crippen molar-refractivity contribution in [3.05, 3.63) is 76.8 Å². The van der Waals surface area contributed by atoms with Crippen LogP contribution >= 0.6 is 22.9 Å². The monoisotopic (exact) mass is 423 g/mol. The average molecular weight is 424 g/mol. The van der Waals surface area contributed by atoms with Gasteiger partial charge in [-0.25, -0.2) is 15.4 Å². The number of nitrogens with zero attached hydrogens (tertiary/aromatic N) is 4. The molecule has 4 heterocycles. The molecule has 8 nitrogen and oxygen atoms in total. The number of carbonyl (C=O) groups is 1. The number of hydrogen-bond acceptors (Lipinski definition) is 7. The number of pyridine rings is 1. The highest BCUT2D eigenvalue weighted by Gasteiger charge is 2.30. The predicted molar refractivity (Wildman–Crippen MR) is 112 cm³/mol. The minimum Gasteiger partial charge on any atom is -0.307 e. The fourth-order valence-corrected chi connectivity index (χ4v) is 4.31. The third kappa shape index (κ3) is 3.25. The molecule has 1 unspecified atom stereocenters. The van der Waals surface area contributed by atoms with Gasteiger partial charge in [-0.1, -0.05) is 41.1 Å². The molecule has 10 heteroatoms. The molecule has 1 aliphatic heterocycles. The summed E-state index contributed by atoms with van der Waals surface area (Å²) in [5.41, 5.74) is 8.50. The van der Waals surface area contributed by atoms with Crippen LogP contribution in [0.3, 0.4) is 0 Å². The van der Waals surface area contributed by atoms with Crippen molar-refractivity contribution < 1.29 is 4.79 Å². The molecule has 4 aromatic rings. The normalized spacial score (nSPS) is 15.0. The summed E-state index contributed by atoms with van der Waals surface area (Å²) in [6, 6.07) is 11.0. The largest absolute Gasteiger partial charge is 0.307 e. The number of amides is 1. The maximum Gasteiger partial charge on any atom is 0.259 e. The van der Waals surface area contributed by atoms with Crippen molar-refractivity contribution in [3.8, 4) is 11.3 Å². The Kier molecular flexibility index (Phi) is 4.47. The van der Waals surface area contributed by atoms with Crippen LogP contribution in [0, 0.1) is 0 Å². The van der Waals surface area contributed by atoms with Gasteiger partial charge in [0.05, 0.1) is 28.7 Å². The number of hydrazine groups is 1. The zero-order chi connectivity index (χ0) is 19.8. The lowest BCUT2D eigenvalue weighted by Crippen LogP contribution is -2.25. The van der Waals surface area contributed by atoms with Gasteiger partial charge in [0.25, 0.3) is 5.91 Å². The van der Waals surface area contributed by atoms with Gasteiger partial charge in [-0.3, -0.25) is 15.1 Å². The summed E-state index contributed by atoms with van der Waals surface area (Å²) in [5.74, 6) is 0.412. The molecule has 0 spiro atoms. The van der Waals surface area contributed by atoms with Gasteiger partial charge in [0.15, 0.2) is 10.9 Å². The molecule has 0 saturated carbocycles. The second-order valence-corrected chi connectivity index (χ2v) is 7.70. The lowest BCUT2D eigenvalue weighted by Gasteiger charge is -2.16. The first-order valence-electron chi connectivity index (χ1n) is 8.71. The topological polar surface area (TPSA) is 96.8 Å². The van der Waals surface area contributed by atoms with E-state index >= 15 is 0 Å². The molecule has 3 aromatic heterocycles. The van der Waals surface area contributed by atoms with Crippen molar-refractivity contribution in [1.29, 1.82) is 0 Å².